The van der Waals surface area contributed by atoms with Gasteiger partial charge in [-0.05, 0) is 19.1 Å². The first-order valence-corrected chi connectivity index (χ1v) is 7.32. The summed E-state index contributed by atoms with van der Waals surface area (Å²) in [6, 6.07) is 9.84. The van der Waals surface area contributed by atoms with Crippen LogP contribution in [0.5, 0.6) is 0 Å². The number of benzene rings is 1. The molecule has 0 saturated carbocycles. The standard InChI is InChI=1S/C15H9ClN2OS/c1-8-6-10-13(16)17-14(18-15(10)20-8)11-7-19-12-5-3-2-4-9(11)12/h2-7H,1H3. The van der Waals surface area contributed by atoms with Crippen molar-refractivity contribution in [3.05, 3.63) is 46.6 Å². The maximum Gasteiger partial charge on any atom is 0.166 e. The van der Waals surface area contributed by atoms with Gasteiger partial charge in [0, 0.05) is 15.6 Å². The number of para-hydroxylation sites is 1. The first kappa shape index (κ1) is 11.9. The fourth-order valence-corrected chi connectivity index (χ4v) is 3.44. The average molecular weight is 301 g/mol. The Morgan fingerprint density at radius 3 is 2.90 bits per heavy atom. The number of aromatic nitrogens is 2. The van der Waals surface area contributed by atoms with E-state index in [1.165, 1.54) is 4.88 Å². The molecule has 0 amide bonds. The molecule has 0 aliphatic carbocycles. The fraction of sp³-hybridized carbons (Fsp3) is 0.0667. The summed E-state index contributed by atoms with van der Waals surface area (Å²) in [5, 5.41) is 2.39. The van der Waals surface area contributed by atoms with Gasteiger partial charge in [0.2, 0.25) is 0 Å². The van der Waals surface area contributed by atoms with E-state index in [-0.39, 0.29) is 0 Å². The predicted octanol–water partition coefficient (Wildman–Crippen LogP) is 5.07. The van der Waals surface area contributed by atoms with Gasteiger partial charge in [-0.25, -0.2) is 9.97 Å². The lowest BCUT2D eigenvalue weighted by atomic mass is 10.1. The van der Waals surface area contributed by atoms with E-state index in [1.54, 1.807) is 17.6 Å². The summed E-state index contributed by atoms with van der Waals surface area (Å²) in [6.07, 6.45) is 1.68. The molecule has 0 saturated heterocycles. The molecule has 0 unspecified atom stereocenters. The zero-order chi connectivity index (χ0) is 13.7. The Morgan fingerprint density at radius 2 is 2.00 bits per heavy atom. The summed E-state index contributed by atoms with van der Waals surface area (Å²) >= 11 is 7.89. The third-order valence-corrected chi connectivity index (χ3v) is 4.42. The highest BCUT2D eigenvalue weighted by Crippen LogP contribution is 2.33. The molecule has 98 valence electrons. The largest absolute Gasteiger partial charge is 0.464 e. The van der Waals surface area contributed by atoms with Gasteiger partial charge in [-0.3, -0.25) is 0 Å². The van der Waals surface area contributed by atoms with E-state index in [4.69, 9.17) is 16.0 Å². The van der Waals surface area contributed by atoms with Gasteiger partial charge in [0.05, 0.1) is 5.56 Å². The zero-order valence-corrected chi connectivity index (χ0v) is 12.1. The van der Waals surface area contributed by atoms with E-state index >= 15 is 0 Å². The predicted molar refractivity (Wildman–Crippen MR) is 82.4 cm³/mol. The van der Waals surface area contributed by atoms with Crippen LogP contribution in [-0.4, -0.2) is 9.97 Å². The van der Waals surface area contributed by atoms with E-state index < -0.39 is 0 Å². The lowest BCUT2D eigenvalue weighted by Gasteiger charge is -1.99. The topological polar surface area (TPSA) is 38.9 Å². The SMILES string of the molecule is Cc1cc2c(Cl)nc(-c3coc4ccccc34)nc2s1. The van der Waals surface area contributed by atoms with Gasteiger partial charge in [-0.2, -0.15) is 0 Å². The fourth-order valence-electron chi connectivity index (χ4n) is 2.28. The Labute approximate surface area is 123 Å². The summed E-state index contributed by atoms with van der Waals surface area (Å²) in [5.41, 5.74) is 1.69. The summed E-state index contributed by atoms with van der Waals surface area (Å²) in [7, 11) is 0. The molecule has 0 spiro atoms. The van der Waals surface area contributed by atoms with Gasteiger partial charge >= 0.3 is 0 Å². The van der Waals surface area contributed by atoms with Crippen LogP contribution >= 0.6 is 22.9 Å². The molecule has 20 heavy (non-hydrogen) atoms. The maximum atomic E-state index is 6.27. The molecule has 0 fully saturated rings. The molecular weight excluding hydrogens is 292 g/mol. The summed E-state index contributed by atoms with van der Waals surface area (Å²) in [5.74, 6) is 0.606. The van der Waals surface area contributed by atoms with E-state index in [0.717, 1.165) is 26.7 Å². The van der Waals surface area contributed by atoms with Crippen LogP contribution in [-0.2, 0) is 0 Å². The quantitative estimate of drug-likeness (QED) is 0.461. The van der Waals surface area contributed by atoms with Crippen molar-refractivity contribution in [3.8, 4) is 11.4 Å². The molecule has 3 aromatic heterocycles. The van der Waals surface area contributed by atoms with Crippen molar-refractivity contribution >= 4 is 44.1 Å². The highest BCUT2D eigenvalue weighted by Gasteiger charge is 2.14. The Hall–Kier alpha value is -1.91. The lowest BCUT2D eigenvalue weighted by Crippen LogP contribution is -1.88. The monoisotopic (exact) mass is 300 g/mol. The van der Waals surface area contributed by atoms with Crippen LogP contribution in [0.1, 0.15) is 4.88 Å². The molecular formula is C15H9ClN2OS. The van der Waals surface area contributed by atoms with Gasteiger partial charge in [0.25, 0.3) is 0 Å². The molecule has 3 heterocycles. The van der Waals surface area contributed by atoms with Gasteiger partial charge in [0.1, 0.15) is 21.8 Å². The lowest BCUT2D eigenvalue weighted by molar-refractivity contribution is 0.616. The molecule has 3 nitrogen and oxygen atoms in total. The van der Waals surface area contributed by atoms with Crippen LogP contribution in [0.15, 0.2) is 41.0 Å². The normalized spacial score (nSPS) is 11.5. The van der Waals surface area contributed by atoms with Gasteiger partial charge in [0.15, 0.2) is 5.82 Å². The third kappa shape index (κ3) is 1.72. The van der Waals surface area contributed by atoms with E-state index in [2.05, 4.69) is 9.97 Å². The van der Waals surface area contributed by atoms with Gasteiger partial charge in [-0.1, -0.05) is 29.8 Å². The first-order valence-electron chi connectivity index (χ1n) is 6.12. The van der Waals surface area contributed by atoms with E-state index in [9.17, 15) is 0 Å². The number of thiophene rings is 1. The van der Waals surface area contributed by atoms with Crippen LogP contribution in [0, 0.1) is 6.92 Å². The number of nitrogens with zero attached hydrogens (tertiary/aromatic N) is 2. The number of rotatable bonds is 1. The number of halogens is 1. The number of hydrogen-bond donors (Lipinski definition) is 0. The molecule has 5 heteroatoms. The number of furan rings is 1. The first-order chi connectivity index (χ1) is 9.72. The molecule has 4 rings (SSSR count). The van der Waals surface area contributed by atoms with Crippen LogP contribution in [0.2, 0.25) is 5.15 Å². The van der Waals surface area contributed by atoms with Crippen molar-refractivity contribution < 1.29 is 4.42 Å². The van der Waals surface area contributed by atoms with Crippen molar-refractivity contribution in [2.24, 2.45) is 0 Å². The minimum Gasteiger partial charge on any atom is -0.464 e. The van der Waals surface area contributed by atoms with Crippen molar-refractivity contribution in [3.63, 3.8) is 0 Å². The second kappa shape index (κ2) is 4.30. The number of fused-ring (bicyclic) bond motifs is 2. The minimum atomic E-state index is 0.486. The second-order valence-corrected chi connectivity index (χ2v) is 6.15. The zero-order valence-electron chi connectivity index (χ0n) is 10.6. The Balaban J connectivity index is 2.02. The van der Waals surface area contributed by atoms with Crippen molar-refractivity contribution in [2.75, 3.05) is 0 Å². The summed E-state index contributed by atoms with van der Waals surface area (Å²) in [4.78, 5) is 11.1. The molecule has 0 aliphatic rings. The summed E-state index contributed by atoms with van der Waals surface area (Å²) < 4.78 is 5.54. The van der Waals surface area contributed by atoms with Crippen molar-refractivity contribution in [2.45, 2.75) is 6.92 Å². The molecule has 0 atom stereocenters. The molecule has 0 bridgehead atoms. The number of aryl methyl sites for hydroxylation is 1. The van der Waals surface area contributed by atoms with Crippen molar-refractivity contribution in [1.29, 1.82) is 0 Å². The molecule has 0 aliphatic heterocycles. The van der Waals surface area contributed by atoms with E-state index in [1.807, 2.05) is 37.3 Å². The molecule has 1 aromatic carbocycles. The van der Waals surface area contributed by atoms with Gasteiger partial charge < -0.3 is 4.42 Å². The molecule has 4 aromatic rings. The van der Waals surface area contributed by atoms with Crippen LogP contribution in [0.25, 0.3) is 32.6 Å². The van der Waals surface area contributed by atoms with Crippen molar-refractivity contribution in [1.82, 2.24) is 9.97 Å². The van der Waals surface area contributed by atoms with E-state index in [0.29, 0.717) is 11.0 Å². The van der Waals surface area contributed by atoms with Crippen LogP contribution in [0.3, 0.4) is 0 Å². The van der Waals surface area contributed by atoms with Gasteiger partial charge in [-0.15, -0.1) is 11.3 Å². The second-order valence-electron chi connectivity index (χ2n) is 4.56. The Kier molecular flexibility index (Phi) is 2.55. The smallest absolute Gasteiger partial charge is 0.166 e. The third-order valence-electron chi connectivity index (χ3n) is 3.19. The average Bonchev–Trinajstić information content (AvgIpc) is 3.01. The highest BCUT2D eigenvalue weighted by molar-refractivity contribution is 7.18. The van der Waals surface area contributed by atoms with Crippen LogP contribution < -0.4 is 0 Å². The maximum absolute atomic E-state index is 6.27. The van der Waals surface area contributed by atoms with Crippen LogP contribution in [0.4, 0.5) is 0 Å². The Morgan fingerprint density at radius 1 is 1.15 bits per heavy atom. The molecule has 0 radical (unpaired) electrons. The molecule has 0 N–H and O–H groups in total. The number of hydrogen-bond acceptors (Lipinski definition) is 4. The Bertz CT molecular complexity index is 942. The highest BCUT2D eigenvalue weighted by atomic mass is 35.5. The summed E-state index contributed by atoms with van der Waals surface area (Å²) in [6.45, 7) is 2.04. The minimum absolute atomic E-state index is 0.486.